The lowest BCUT2D eigenvalue weighted by Gasteiger charge is -2.31. The Morgan fingerprint density at radius 3 is 3.04 bits per heavy atom. The fourth-order valence-corrected chi connectivity index (χ4v) is 2.88. The summed E-state index contributed by atoms with van der Waals surface area (Å²) < 4.78 is 11.2. The van der Waals surface area contributed by atoms with Crippen molar-refractivity contribution in [3.63, 3.8) is 0 Å². The molecule has 4 atom stereocenters. The SMILES string of the molecule is N#CCCCC1=CC2=CN(C3CC(O)C(CO)O3)C(=O)NC2O1. The third-order valence-corrected chi connectivity index (χ3v) is 4.08. The van der Waals surface area contributed by atoms with E-state index in [1.54, 1.807) is 6.20 Å². The predicted molar refractivity (Wildman–Crippen MR) is 77.2 cm³/mol. The van der Waals surface area contributed by atoms with E-state index in [1.807, 2.05) is 6.08 Å². The van der Waals surface area contributed by atoms with Crippen molar-refractivity contribution in [2.75, 3.05) is 6.61 Å². The monoisotopic (exact) mass is 321 g/mol. The summed E-state index contributed by atoms with van der Waals surface area (Å²) >= 11 is 0. The van der Waals surface area contributed by atoms with Crippen molar-refractivity contribution in [3.05, 3.63) is 23.6 Å². The molecule has 8 heteroatoms. The molecule has 0 radical (unpaired) electrons. The summed E-state index contributed by atoms with van der Waals surface area (Å²) in [5.41, 5.74) is 0.794. The van der Waals surface area contributed by atoms with Gasteiger partial charge in [0.2, 0.25) is 6.23 Å². The number of nitrogens with one attached hydrogen (secondary N) is 1. The van der Waals surface area contributed by atoms with Gasteiger partial charge in [-0.3, -0.25) is 10.2 Å². The second kappa shape index (κ2) is 6.58. The molecule has 0 aromatic carbocycles. The summed E-state index contributed by atoms with van der Waals surface area (Å²) in [6.45, 7) is -0.293. The molecule has 0 aliphatic carbocycles. The average Bonchev–Trinajstić information content (AvgIpc) is 3.09. The first kappa shape index (κ1) is 15.8. The molecule has 0 bridgehead atoms. The number of aliphatic hydroxyl groups is 2. The van der Waals surface area contributed by atoms with Crippen LogP contribution in [0.25, 0.3) is 0 Å². The lowest BCUT2D eigenvalue weighted by atomic mass is 10.1. The van der Waals surface area contributed by atoms with Crippen LogP contribution in [0.3, 0.4) is 0 Å². The van der Waals surface area contributed by atoms with E-state index < -0.39 is 24.7 Å². The summed E-state index contributed by atoms with van der Waals surface area (Å²) in [6, 6.07) is 1.71. The highest BCUT2D eigenvalue weighted by molar-refractivity contribution is 5.78. The molecule has 1 fully saturated rings. The highest BCUT2D eigenvalue weighted by Crippen LogP contribution is 2.31. The van der Waals surface area contributed by atoms with E-state index >= 15 is 0 Å². The number of allylic oxidation sites excluding steroid dienone is 1. The Labute approximate surface area is 133 Å². The lowest BCUT2D eigenvalue weighted by molar-refractivity contribution is -0.0559. The van der Waals surface area contributed by atoms with Crippen molar-refractivity contribution in [3.8, 4) is 6.07 Å². The van der Waals surface area contributed by atoms with Crippen LogP contribution in [0.15, 0.2) is 23.6 Å². The number of carbonyl (C=O) groups is 1. The standard InChI is InChI=1S/C15H19N3O5/c16-4-2-1-3-10-5-9-7-18(15(21)17-14(9)22-10)13-6-11(20)12(8-19)23-13/h5,7,11-14,19-20H,1-3,6,8H2,(H,17,21). The zero-order valence-electron chi connectivity index (χ0n) is 12.5. The molecule has 0 spiro atoms. The zero-order chi connectivity index (χ0) is 16.4. The molecule has 23 heavy (non-hydrogen) atoms. The van der Waals surface area contributed by atoms with E-state index in [1.165, 1.54) is 4.90 Å². The van der Waals surface area contributed by atoms with Crippen LogP contribution in [0.5, 0.6) is 0 Å². The van der Waals surface area contributed by atoms with Crippen LogP contribution < -0.4 is 5.32 Å². The minimum absolute atomic E-state index is 0.243. The lowest BCUT2D eigenvalue weighted by Crippen LogP contribution is -2.51. The normalized spacial score (nSPS) is 32.6. The van der Waals surface area contributed by atoms with E-state index in [0.717, 1.165) is 11.3 Å². The van der Waals surface area contributed by atoms with Gasteiger partial charge in [0.15, 0.2) is 0 Å². The van der Waals surface area contributed by atoms with Gasteiger partial charge >= 0.3 is 6.03 Å². The van der Waals surface area contributed by atoms with Crippen LogP contribution >= 0.6 is 0 Å². The average molecular weight is 321 g/mol. The summed E-state index contributed by atoms with van der Waals surface area (Å²) in [4.78, 5) is 13.6. The van der Waals surface area contributed by atoms with Gasteiger partial charge in [-0.2, -0.15) is 5.26 Å². The fourth-order valence-electron chi connectivity index (χ4n) is 2.88. The molecule has 3 aliphatic rings. The number of unbranched alkanes of at least 4 members (excludes halogenated alkanes) is 1. The zero-order valence-corrected chi connectivity index (χ0v) is 12.5. The quantitative estimate of drug-likeness (QED) is 0.627. The molecule has 0 saturated carbocycles. The van der Waals surface area contributed by atoms with Crippen molar-refractivity contribution in [1.82, 2.24) is 10.2 Å². The van der Waals surface area contributed by atoms with E-state index in [0.29, 0.717) is 19.3 Å². The predicted octanol–water partition coefficient (Wildman–Crippen LogP) is 0.298. The number of nitriles is 1. The van der Waals surface area contributed by atoms with Gasteiger partial charge in [0.05, 0.1) is 24.5 Å². The van der Waals surface area contributed by atoms with E-state index in [2.05, 4.69) is 11.4 Å². The molecule has 3 rings (SSSR count). The van der Waals surface area contributed by atoms with E-state index in [9.17, 15) is 9.90 Å². The Morgan fingerprint density at radius 1 is 1.52 bits per heavy atom. The molecule has 8 nitrogen and oxygen atoms in total. The highest BCUT2D eigenvalue weighted by Gasteiger charge is 2.41. The summed E-state index contributed by atoms with van der Waals surface area (Å²) in [6.07, 6.45) is 2.93. The van der Waals surface area contributed by atoms with Crippen LogP contribution in [0, 0.1) is 11.3 Å². The summed E-state index contributed by atoms with van der Waals surface area (Å²) in [5.74, 6) is 0.735. The Bertz CT molecular complexity index is 582. The number of rotatable bonds is 5. The minimum atomic E-state index is -0.800. The Morgan fingerprint density at radius 2 is 2.35 bits per heavy atom. The molecule has 1 saturated heterocycles. The summed E-state index contributed by atoms with van der Waals surface area (Å²) in [7, 11) is 0. The number of ether oxygens (including phenoxy) is 2. The second-order valence-corrected chi connectivity index (χ2v) is 5.72. The molecular weight excluding hydrogens is 302 g/mol. The highest BCUT2D eigenvalue weighted by atomic mass is 16.5. The number of fused-ring (bicyclic) bond motifs is 1. The van der Waals surface area contributed by atoms with Crippen LogP contribution in [0.4, 0.5) is 4.79 Å². The molecule has 2 amide bonds. The number of nitrogens with zero attached hydrogens (tertiary/aromatic N) is 2. The number of aliphatic hydroxyl groups excluding tert-OH is 2. The van der Waals surface area contributed by atoms with Gasteiger partial charge in [-0.25, -0.2) is 4.79 Å². The molecule has 4 unspecified atom stereocenters. The Hall–Kier alpha value is -2.08. The molecule has 0 aromatic rings. The van der Waals surface area contributed by atoms with Crippen molar-refractivity contribution in [1.29, 1.82) is 5.26 Å². The van der Waals surface area contributed by atoms with Gasteiger partial charge in [-0.15, -0.1) is 0 Å². The number of hydrogen-bond acceptors (Lipinski definition) is 6. The van der Waals surface area contributed by atoms with Crippen molar-refractivity contribution in [2.24, 2.45) is 0 Å². The Kier molecular flexibility index (Phi) is 4.52. The fraction of sp³-hybridized carbons (Fsp3) is 0.600. The summed E-state index contributed by atoms with van der Waals surface area (Å²) in [5, 5.41) is 30.2. The van der Waals surface area contributed by atoms with Crippen LogP contribution in [0.1, 0.15) is 25.7 Å². The van der Waals surface area contributed by atoms with Crippen molar-refractivity contribution < 1.29 is 24.5 Å². The van der Waals surface area contributed by atoms with Gasteiger partial charge in [0.1, 0.15) is 12.3 Å². The van der Waals surface area contributed by atoms with Crippen LogP contribution in [0.2, 0.25) is 0 Å². The number of carbonyl (C=O) groups excluding carboxylic acids is 1. The van der Waals surface area contributed by atoms with Crippen LogP contribution in [-0.4, -0.2) is 52.4 Å². The molecule has 3 N–H and O–H groups in total. The molecule has 3 heterocycles. The topological polar surface area (TPSA) is 115 Å². The first-order chi connectivity index (χ1) is 11.1. The third kappa shape index (κ3) is 3.17. The Balaban J connectivity index is 1.69. The number of hydrogen-bond donors (Lipinski definition) is 3. The van der Waals surface area contributed by atoms with E-state index in [4.69, 9.17) is 19.8 Å². The van der Waals surface area contributed by atoms with Gasteiger partial charge in [0, 0.05) is 31.0 Å². The van der Waals surface area contributed by atoms with Gasteiger partial charge in [-0.05, 0) is 12.5 Å². The van der Waals surface area contributed by atoms with Crippen molar-refractivity contribution >= 4 is 6.03 Å². The molecular formula is C15H19N3O5. The maximum atomic E-state index is 12.2. The van der Waals surface area contributed by atoms with Gasteiger partial charge in [-0.1, -0.05) is 0 Å². The first-order valence-electron chi connectivity index (χ1n) is 7.61. The number of urea groups is 1. The maximum absolute atomic E-state index is 12.2. The molecule has 124 valence electrons. The smallest absolute Gasteiger partial charge is 0.326 e. The van der Waals surface area contributed by atoms with Crippen LogP contribution in [-0.2, 0) is 9.47 Å². The van der Waals surface area contributed by atoms with E-state index in [-0.39, 0.29) is 19.1 Å². The van der Waals surface area contributed by atoms with Gasteiger partial charge < -0.3 is 19.7 Å². The second-order valence-electron chi connectivity index (χ2n) is 5.72. The van der Waals surface area contributed by atoms with Gasteiger partial charge in [0.25, 0.3) is 0 Å². The molecule has 0 aromatic heterocycles. The maximum Gasteiger partial charge on any atom is 0.326 e. The number of amides is 2. The first-order valence-corrected chi connectivity index (χ1v) is 7.61. The van der Waals surface area contributed by atoms with Crippen molar-refractivity contribution in [2.45, 2.75) is 50.3 Å². The minimum Gasteiger partial charge on any atom is -0.471 e. The largest absolute Gasteiger partial charge is 0.471 e. The molecule has 3 aliphatic heterocycles. The third-order valence-electron chi connectivity index (χ3n) is 4.08.